The van der Waals surface area contributed by atoms with Crippen molar-refractivity contribution in [3.8, 4) is 0 Å². The highest BCUT2D eigenvalue weighted by atomic mass is 16.5. The van der Waals surface area contributed by atoms with Gasteiger partial charge in [-0.25, -0.2) is 0 Å². The van der Waals surface area contributed by atoms with Crippen LogP contribution in [0.5, 0.6) is 0 Å². The second-order valence-corrected chi connectivity index (χ2v) is 6.33. The third-order valence-electron chi connectivity index (χ3n) is 4.73. The topological polar surface area (TPSA) is 43.4 Å². The number of carbonyl (C=O) groups is 1. The lowest BCUT2D eigenvalue weighted by atomic mass is 10.1. The Morgan fingerprint density at radius 3 is 2.58 bits per heavy atom. The fraction of sp³-hybridized carbons (Fsp3) is 0.933. The van der Waals surface area contributed by atoms with Gasteiger partial charge in [0.1, 0.15) is 0 Å². The molecule has 2 aliphatic heterocycles. The molecule has 2 saturated heterocycles. The number of likely N-dealkylation sites (tertiary alicyclic amines) is 2. The van der Waals surface area contributed by atoms with Gasteiger partial charge in [-0.15, -0.1) is 0 Å². The van der Waals surface area contributed by atoms with Gasteiger partial charge >= 0.3 is 0 Å². The maximum atomic E-state index is 12.5. The van der Waals surface area contributed by atoms with Gasteiger partial charge in [0.2, 0.25) is 5.91 Å². The van der Waals surface area contributed by atoms with Crippen molar-refractivity contribution in [2.45, 2.75) is 64.3 Å². The van der Waals surface area contributed by atoms with E-state index in [-0.39, 0.29) is 10.7 Å². The molecule has 0 radical (unpaired) electrons. The third-order valence-corrected chi connectivity index (χ3v) is 4.73. The number of piperidine rings is 1. The quantitative estimate of drug-likeness (QED) is 0.581. The smallest absolute Gasteiger partial charge is 0.222 e. The Balaban J connectivity index is 1.82. The van der Waals surface area contributed by atoms with Crippen molar-refractivity contribution in [1.82, 2.24) is 4.90 Å². The molecule has 1 atom stereocenters. The van der Waals surface area contributed by atoms with E-state index in [1.807, 2.05) is 4.90 Å². The minimum absolute atomic E-state index is 0.0215. The molecule has 0 aromatic carbocycles. The highest BCUT2D eigenvalue weighted by Gasteiger charge is 2.25. The van der Waals surface area contributed by atoms with E-state index in [1.54, 1.807) is 0 Å². The SMILES string of the molecule is CC(CC[N+]1([O-])CCCCC1)N1CCCCCC1=O. The van der Waals surface area contributed by atoms with Crippen LogP contribution in [0.3, 0.4) is 0 Å². The fourth-order valence-electron chi connectivity index (χ4n) is 3.36. The zero-order chi connectivity index (χ0) is 13.7. The molecule has 2 heterocycles. The second kappa shape index (κ2) is 6.71. The van der Waals surface area contributed by atoms with E-state index in [0.29, 0.717) is 18.9 Å². The van der Waals surface area contributed by atoms with E-state index in [9.17, 15) is 10.0 Å². The summed E-state index contributed by atoms with van der Waals surface area (Å²) >= 11 is 0. The molecule has 0 N–H and O–H groups in total. The molecule has 0 aliphatic carbocycles. The normalized spacial score (nSPS) is 26.0. The molecule has 1 amide bonds. The Bertz CT molecular complexity index is 301. The van der Waals surface area contributed by atoms with Crippen molar-refractivity contribution >= 4 is 5.91 Å². The van der Waals surface area contributed by atoms with Gasteiger partial charge in [-0.05, 0) is 39.0 Å². The van der Waals surface area contributed by atoms with Crippen molar-refractivity contribution in [2.75, 3.05) is 26.2 Å². The number of quaternary nitrogens is 1. The van der Waals surface area contributed by atoms with E-state index in [4.69, 9.17) is 0 Å². The summed E-state index contributed by atoms with van der Waals surface area (Å²) in [5, 5.41) is 12.5. The number of carbonyl (C=O) groups excluding carboxylic acids is 1. The molecule has 2 aliphatic rings. The molecular weight excluding hydrogens is 240 g/mol. The first-order valence-corrected chi connectivity index (χ1v) is 7.97. The lowest BCUT2D eigenvalue weighted by molar-refractivity contribution is -0.885. The number of hydrogen-bond donors (Lipinski definition) is 0. The molecule has 1 unspecified atom stereocenters. The molecule has 0 bridgehead atoms. The predicted molar refractivity (Wildman–Crippen MR) is 76.3 cm³/mol. The van der Waals surface area contributed by atoms with Crippen molar-refractivity contribution in [2.24, 2.45) is 0 Å². The van der Waals surface area contributed by atoms with Crippen molar-refractivity contribution in [3.63, 3.8) is 0 Å². The molecule has 0 aromatic rings. The lowest BCUT2D eigenvalue weighted by Crippen LogP contribution is -2.49. The first-order chi connectivity index (χ1) is 9.11. The first kappa shape index (κ1) is 14.8. The summed E-state index contributed by atoms with van der Waals surface area (Å²) in [7, 11) is 0. The predicted octanol–water partition coefficient (Wildman–Crippen LogP) is 2.67. The summed E-state index contributed by atoms with van der Waals surface area (Å²) in [6.07, 6.45) is 8.22. The maximum absolute atomic E-state index is 12.5. The van der Waals surface area contributed by atoms with Crippen molar-refractivity contribution < 1.29 is 9.44 Å². The van der Waals surface area contributed by atoms with Gasteiger partial charge in [0.25, 0.3) is 0 Å². The van der Waals surface area contributed by atoms with Gasteiger partial charge in [0.05, 0.1) is 19.6 Å². The van der Waals surface area contributed by atoms with Gasteiger partial charge in [0.15, 0.2) is 0 Å². The zero-order valence-corrected chi connectivity index (χ0v) is 12.3. The molecule has 2 fully saturated rings. The van der Waals surface area contributed by atoms with Crippen molar-refractivity contribution in [1.29, 1.82) is 0 Å². The summed E-state index contributed by atoms with van der Waals surface area (Å²) < 4.78 is -0.0215. The maximum Gasteiger partial charge on any atom is 0.222 e. The fourth-order valence-corrected chi connectivity index (χ4v) is 3.36. The van der Waals surface area contributed by atoms with Crippen LogP contribution in [0.2, 0.25) is 0 Å². The second-order valence-electron chi connectivity index (χ2n) is 6.33. The minimum Gasteiger partial charge on any atom is -0.633 e. The number of rotatable bonds is 4. The van der Waals surface area contributed by atoms with Crippen LogP contribution in [0.1, 0.15) is 58.3 Å². The van der Waals surface area contributed by atoms with Crippen LogP contribution in [0.4, 0.5) is 0 Å². The monoisotopic (exact) mass is 268 g/mol. The van der Waals surface area contributed by atoms with E-state index >= 15 is 0 Å². The molecule has 19 heavy (non-hydrogen) atoms. The number of hydrogen-bond acceptors (Lipinski definition) is 2. The molecule has 2 rings (SSSR count). The van der Waals surface area contributed by atoms with Crippen LogP contribution in [0, 0.1) is 5.21 Å². The van der Waals surface area contributed by atoms with E-state index < -0.39 is 0 Å². The van der Waals surface area contributed by atoms with Crippen LogP contribution >= 0.6 is 0 Å². The molecule has 0 spiro atoms. The van der Waals surface area contributed by atoms with Gasteiger partial charge < -0.3 is 14.8 Å². The van der Waals surface area contributed by atoms with Gasteiger partial charge in [0, 0.05) is 25.4 Å². The number of amides is 1. The Kier molecular flexibility index (Phi) is 5.22. The Morgan fingerprint density at radius 1 is 1.16 bits per heavy atom. The Hall–Kier alpha value is -0.610. The van der Waals surface area contributed by atoms with E-state index in [2.05, 4.69) is 6.92 Å². The highest BCUT2D eigenvalue weighted by Crippen LogP contribution is 2.21. The molecular formula is C15H28N2O2. The summed E-state index contributed by atoms with van der Waals surface area (Å²) in [4.78, 5) is 14.0. The largest absolute Gasteiger partial charge is 0.633 e. The highest BCUT2D eigenvalue weighted by molar-refractivity contribution is 5.76. The average Bonchev–Trinajstić information content (AvgIpc) is 2.62. The minimum atomic E-state index is -0.0215. The van der Waals surface area contributed by atoms with Crippen LogP contribution in [0.25, 0.3) is 0 Å². The molecule has 0 saturated carbocycles. The third kappa shape index (κ3) is 4.18. The molecule has 4 heteroatoms. The van der Waals surface area contributed by atoms with Crippen LogP contribution in [0.15, 0.2) is 0 Å². The van der Waals surface area contributed by atoms with Gasteiger partial charge in [-0.3, -0.25) is 4.79 Å². The zero-order valence-electron chi connectivity index (χ0n) is 12.3. The summed E-state index contributed by atoms with van der Waals surface area (Å²) in [6, 6.07) is 0.233. The Morgan fingerprint density at radius 2 is 1.84 bits per heavy atom. The Labute approximate surface area is 116 Å². The summed E-state index contributed by atoms with van der Waals surface area (Å²) in [6.45, 7) is 5.24. The molecule has 0 aromatic heterocycles. The van der Waals surface area contributed by atoms with Crippen molar-refractivity contribution in [3.05, 3.63) is 5.21 Å². The first-order valence-electron chi connectivity index (χ1n) is 7.97. The molecule has 4 nitrogen and oxygen atoms in total. The van der Waals surface area contributed by atoms with Crippen LogP contribution in [-0.2, 0) is 4.79 Å². The number of nitrogens with zero attached hydrogens (tertiary/aromatic N) is 2. The standard InChI is InChI=1S/C15H28N2O2/c1-14(16-10-5-2-4-8-15(16)18)9-13-17(19)11-6-3-7-12-17/h14H,2-13H2,1H3. The lowest BCUT2D eigenvalue weighted by Gasteiger charge is -2.46. The molecule has 110 valence electrons. The summed E-state index contributed by atoms with van der Waals surface area (Å²) in [5.74, 6) is 0.293. The summed E-state index contributed by atoms with van der Waals surface area (Å²) in [5.41, 5.74) is 0. The van der Waals surface area contributed by atoms with E-state index in [1.165, 1.54) is 6.42 Å². The van der Waals surface area contributed by atoms with Crippen LogP contribution < -0.4 is 0 Å². The van der Waals surface area contributed by atoms with E-state index in [0.717, 1.165) is 58.2 Å². The van der Waals surface area contributed by atoms with Crippen LogP contribution in [-0.4, -0.2) is 47.7 Å². The van der Waals surface area contributed by atoms with Gasteiger partial charge in [-0.1, -0.05) is 6.42 Å². The van der Waals surface area contributed by atoms with Gasteiger partial charge in [-0.2, -0.15) is 0 Å². The average molecular weight is 268 g/mol. The number of hydroxylamine groups is 3.